The van der Waals surface area contributed by atoms with Crippen LogP contribution in [0.5, 0.6) is 11.8 Å². The summed E-state index contributed by atoms with van der Waals surface area (Å²) in [6, 6.07) is 0. The molecular formula is C9H9NO3. The van der Waals surface area contributed by atoms with Crippen molar-refractivity contribution in [3.05, 3.63) is 23.3 Å². The Hall–Kier alpha value is -1.42. The predicted molar refractivity (Wildman–Crippen MR) is 44.4 cm³/mol. The number of aromatic hydroxyl groups is 2. The SMILES string of the molecule is Cn1c(O)c2c(c1O)C1C=CC2O1. The predicted octanol–water partition coefficient (Wildman–Crippen LogP) is 1.12. The Morgan fingerprint density at radius 2 is 1.62 bits per heavy atom. The van der Waals surface area contributed by atoms with Crippen molar-refractivity contribution in [2.24, 2.45) is 7.05 Å². The van der Waals surface area contributed by atoms with Crippen molar-refractivity contribution in [1.82, 2.24) is 4.57 Å². The van der Waals surface area contributed by atoms with Gasteiger partial charge in [-0.2, -0.15) is 0 Å². The van der Waals surface area contributed by atoms with Crippen LogP contribution in [-0.2, 0) is 11.8 Å². The summed E-state index contributed by atoms with van der Waals surface area (Å²) in [7, 11) is 1.63. The van der Waals surface area contributed by atoms with Gasteiger partial charge in [-0.3, -0.25) is 4.57 Å². The lowest BCUT2D eigenvalue weighted by Gasteiger charge is -2.04. The van der Waals surface area contributed by atoms with Crippen LogP contribution in [0.2, 0.25) is 0 Å². The van der Waals surface area contributed by atoms with E-state index in [2.05, 4.69) is 0 Å². The number of hydrogen-bond donors (Lipinski definition) is 2. The Bertz CT molecular complexity index is 383. The number of hydrogen-bond acceptors (Lipinski definition) is 3. The van der Waals surface area contributed by atoms with Gasteiger partial charge in [0.05, 0.1) is 11.1 Å². The lowest BCUT2D eigenvalue weighted by molar-refractivity contribution is 0.0839. The molecule has 0 radical (unpaired) electrons. The summed E-state index contributed by atoms with van der Waals surface area (Å²) in [5.41, 5.74) is 1.43. The van der Waals surface area contributed by atoms with Crippen LogP contribution in [0.15, 0.2) is 12.2 Å². The Balaban J connectivity index is 2.34. The third kappa shape index (κ3) is 0.615. The monoisotopic (exact) mass is 179 g/mol. The second-order valence-corrected chi connectivity index (χ2v) is 3.40. The largest absolute Gasteiger partial charge is 0.494 e. The molecule has 2 atom stereocenters. The maximum absolute atomic E-state index is 9.65. The molecule has 0 aromatic carbocycles. The molecule has 3 heterocycles. The van der Waals surface area contributed by atoms with Gasteiger partial charge in [0.15, 0.2) is 11.8 Å². The highest BCUT2D eigenvalue weighted by atomic mass is 16.5. The Labute approximate surface area is 74.7 Å². The molecule has 68 valence electrons. The van der Waals surface area contributed by atoms with Gasteiger partial charge < -0.3 is 14.9 Å². The molecule has 3 rings (SSSR count). The molecule has 0 fully saturated rings. The lowest BCUT2D eigenvalue weighted by atomic mass is 10.0. The molecular weight excluding hydrogens is 170 g/mol. The summed E-state index contributed by atoms with van der Waals surface area (Å²) in [6.45, 7) is 0. The van der Waals surface area contributed by atoms with E-state index in [4.69, 9.17) is 4.74 Å². The molecule has 2 unspecified atom stereocenters. The van der Waals surface area contributed by atoms with Crippen LogP contribution in [0.3, 0.4) is 0 Å². The Morgan fingerprint density at radius 1 is 1.15 bits per heavy atom. The average molecular weight is 179 g/mol. The van der Waals surface area contributed by atoms with E-state index in [-0.39, 0.29) is 24.0 Å². The van der Waals surface area contributed by atoms with Crippen LogP contribution in [0.4, 0.5) is 0 Å². The van der Waals surface area contributed by atoms with E-state index in [0.29, 0.717) is 11.1 Å². The van der Waals surface area contributed by atoms with Crippen molar-refractivity contribution in [1.29, 1.82) is 0 Å². The lowest BCUT2D eigenvalue weighted by Crippen LogP contribution is -1.92. The van der Waals surface area contributed by atoms with Gasteiger partial charge in [-0.25, -0.2) is 0 Å². The zero-order valence-corrected chi connectivity index (χ0v) is 7.06. The summed E-state index contributed by atoms with van der Waals surface area (Å²) in [5, 5.41) is 19.3. The molecule has 1 aromatic heterocycles. The summed E-state index contributed by atoms with van der Waals surface area (Å²) in [6.07, 6.45) is 3.44. The van der Waals surface area contributed by atoms with E-state index >= 15 is 0 Å². The summed E-state index contributed by atoms with van der Waals surface area (Å²) in [5.74, 6) is 0.203. The van der Waals surface area contributed by atoms with Crippen LogP contribution in [-0.4, -0.2) is 14.8 Å². The molecule has 1 aromatic rings. The molecule has 4 heteroatoms. The van der Waals surface area contributed by atoms with E-state index in [1.807, 2.05) is 12.2 Å². The van der Waals surface area contributed by atoms with Gasteiger partial charge in [-0.1, -0.05) is 12.2 Å². The topological polar surface area (TPSA) is 54.6 Å². The first kappa shape index (κ1) is 7.03. The zero-order valence-electron chi connectivity index (χ0n) is 7.06. The summed E-state index contributed by atoms with van der Waals surface area (Å²) < 4.78 is 6.83. The van der Waals surface area contributed by atoms with E-state index in [1.54, 1.807) is 7.05 Å². The number of nitrogens with zero attached hydrogens (tertiary/aromatic N) is 1. The third-order valence-corrected chi connectivity index (χ3v) is 2.73. The van der Waals surface area contributed by atoms with Gasteiger partial charge in [0, 0.05) is 7.05 Å². The van der Waals surface area contributed by atoms with Crippen LogP contribution < -0.4 is 0 Å². The van der Waals surface area contributed by atoms with Gasteiger partial charge in [-0.05, 0) is 0 Å². The Morgan fingerprint density at radius 3 is 2.08 bits per heavy atom. The highest BCUT2D eigenvalue weighted by molar-refractivity contribution is 5.55. The molecule has 0 spiro atoms. The number of rotatable bonds is 0. The van der Waals surface area contributed by atoms with E-state index in [0.717, 1.165) is 0 Å². The van der Waals surface area contributed by atoms with Gasteiger partial charge in [0.25, 0.3) is 0 Å². The van der Waals surface area contributed by atoms with Crippen LogP contribution >= 0.6 is 0 Å². The van der Waals surface area contributed by atoms with E-state index in [9.17, 15) is 10.2 Å². The molecule has 0 aliphatic carbocycles. The van der Waals surface area contributed by atoms with E-state index in [1.165, 1.54) is 4.57 Å². The first-order chi connectivity index (χ1) is 6.20. The minimum atomic E-state index is -0.174. The van der Waals surface area contributed by atoms with Crippen LogP contribution in [0, 0.1) is 0 Å². The zero-order chi connectivity index (χ0) is 9.16. The van der Waals surface area contributed by atoms with Crippen molar-refractivity contribution >= 4 is 0 Å². The molecule has 13 heavy (non-hydrogen) atoms. The molecule has 2 N–H and O–H groups in total. The maximum Gasteiger partial charge on any atom is 0.200 e. The fraction of sp³-hybridized carbons (Fsp3) is 0.333. The first-order valence-electron chi connectivity index (χ1n) is 4.14. The molecule has 0 saturated heterocycles. The van der Waals surface area contributed by atoms with Crippen LogP contribution in [0.1, 0.15) is 23.3 Å². The highest BCUT2D eigenvalue weighted by Gasteiger charge is 2.41. The van der Waals surface area contributed by atoms with Gasteiger partial charge in [0.1, 0.15) is 12.2 Å². The molecule has 2 aliphatic heterocycles. The average Bonchev–Trinajstić information content (AvgIpc) is 2.76. The fourth-order valence-electron chi connectivity index (χ4n) is 2.04. The Kier molecular flexibility index (Phi) is 1.03. The molecule has 2 bridgehead atoms. The van der Waals surface area contributed by atoms with Crippen molar-refractivity contribution in [2.75, 3.05) is 0 Å². The number of aromatic nitrogens is 1. The summed E-state index contributed by atoms with van der Waals surface area (Å²) >= 11 is 0. The maximum atomic E-state index is 9.65. The van der Waals surface area contributed by atoms with Gasteiger partial charge in [-0.15, -0.1) is 0 Å². The highest BCUT2D eigenvalue weighted by Crippen LogP contribution is 2.54. The van der Waals surface area contributed by atoms with Crippen molar-refractivity contribution < 1.29 is 14.9 Å². The smallest absolute Gasteiger partial charge is 0.200 e. The minimum Gasteiger partial charge on any atom is -0.494 e. The quantitative estimate of drug-likeness (QED) is 0.587. The second kappa shape index (κ2) is 1.90. The molecule has 4 nitrogen and oxygen atoms in total. The normalized spacial score (nSPS) is 28.4. The van der Waals surface area contributed by atoms with E-state index < -0.39 is 0 Å². The third-order valence-electron chi connectivity index (χ3n) is 2.73. The first-order valence-corrected chi connectivity index (χ1v) is 4.14. The summed E-state index contributed by atoms with van der Waals surface area (Å²) in [4.78, 5) is 0. The van der Waals surface area contributed by atoms with Crippen molar-refractivity contribution in [3.63, 3.8) is 0 Å². The second-order valence-electron chi connectivity index (χ2n) is 3.40. The van der Waals surface area contributed by atoms with Gasteiger partial charge in [0.2, 0.25) is 0 Å². The fourth-order valence-corrected chi connectivity index (χ4v) is 2.04. The number of ether oxygens (including phenoxy) is 1. The van der Waals surface area contributed by atoms with Crippen molar-refractivity contribution in [3.8, 4) is 11.8 Å². The molecule has 0 amide bonds. The standard InChI is InChI=1S/C9H9NO3/c1-10-8(11)6-4-2-3-5(13-4)7(6)9(10)12/h2-5,11-12H,1H3. The molecule has 0 saturated carbocycles. The number of fused-ring (bicyclic) bond motifs is 5. The minimum absolute atomic E-state index is 0.101. The van der Waals surface area contributed by atoms with Crippen LogP contribution in [0.25, 0.3) is 0 Å². The van der Waals surface area contributed by atoms with Gasteiger partial charge >= 0.3 is 0 Å². The molecule has 2 aliphatic rings. The van der Waals surface area contributed by atoms with Crippen molar-refractivity contribution in [2.45, 2.75) is 12.2 Å².